The largest absolute Gasteiger partial charge is 0.378 e. The summed E-state index contributed by atoms with van der Waals surface area (Å²) in [5.74, 6) is 2.42. The molecule has 1 N–H and O–H groups in total. The summed E-state index contributed by atoms with van der Waals surface area (Å²) in [4.78, 5) is 17.3. The fraction of sp³-hybridized carbons (Fsp3) is 0.452. The number of piperidine rings is 1. The molecule has 1 unspecified atom stereocenters. The van der Waals surface area contributed by atoms with Crippen molar-refractivity contribution in [1.29, 1.82) is 5.41 Å². The quantitative estimate of drug-likeness (QED) is 0.388. The molecule has 0 radical (unpaired) electrons. The Hall–Kier alpha value is -3.45. The maximum atomic E-state index is 7.57. The predicted octanol–water partition coefficient (Wildman–Crippen LogP) is 5.54. The highest BCUT2D eigenvalue weighted by atomic mass is 16.5. The summed E-state index contributed by atoms with van der Waals surface area (Å²) in [6.07, 6.45) is 8.69. The van der Waals surface area contributed by atoms with Crippen LogP contribution in [0.15, 0.2) is 54.3 Å². The van der Waals surface area contributed by atoms with Gasteiger partial charge >= 0.3 is 0 Å². The van der Waals surface area contributed by atoms with Crippen LogP contribution in [0.25, 0.3) is 17.0 Å². The summed E-state index contributed by atoms with van der Waals surface area (Å²) in [6, 6.07) is 8.73. The van der Waals surface area contributed by atoms with E-state index in [4.69, 9.17) is 20.1 Å². The van der Waals surface area contributed by atoms with Gasteiger partial charge in [0.05, 0.1) is 18.9 Å². The van der Waals surface area contributed by atoms with Crippen molar-refractivity contribution in [3.8, 4) is 11.3 Å². The smallest absolute Gasteiger partial charge is 0.228 e. The van der Waals surface area contributed by atoms with E-state index in [0.717, 1.165) is 84.7 Å². The third-order valence-corrected chi connectivity index (χ3v) is 7.92. The normalized spacial score (nSPS) is 20.5. The Morgan fingerprint density at radius 3 is 2.71 bits per heavy atom. The fourth-order valence-corrected chi connectivity index (χ4v) is 5.89. The first-order valence-electron chi connectivity index (χ1n) is 13.9. The van der Waals surface area contributed by atoms with Gasteiger partial charge in [-0.05, 0) is 62.3 Å². The minimum absolute atomic E-state index is 0.685. The molecular weight excluding hydrogens is 472 g/mol. The standard InChI is InChI=1S/C31H40N6O/c1-5-28(23(3)11-13-32)37-15-12-27-29(33-31(34-30(27)37)35-16-18-38-19-17-35)26-10-6-9-25(20-26)24(4)36-14-7-8-22(2)21-36/h5-6,9-11,13,20,22,32H,4,7-8,12,14-19,21H2,1-3H3/b23-11-,28-5+,32-13?. The summed E-state index contributed by atoms with van der Waals surface area (Å²) in [7, 11) is 0. The lowest BCUT2D eigenvalue weighted by molar-refractivity contribution is 0.122. The zero-order chi connectivity index (χ0) is 26.6. The van der Waals surface area contributed by atoms with Gasteiger partial charge in [-0.2, -0.15) is 4.98 Å². The van der Waals surface area contributed by atoms with Gasteiger partial charge in [0.2, 0.25) is 5.95 Å². The van der Waals surface area contributed by atoms with E-state index < -0.39 is 0 Å². The zero-order valence-corrected chi connectivity index (χ0v) is 23.0. The highest BCUT2D eigenvalue weighted by Gasteiger charge is 2.30. The lowest BCUT2D eigenvalue weighted by Gasteiger charge is -2.34. The van der Waals surface area contributed by atoms with Gasteiger partial charge in [-0.1, -0.05) is 37.8 Å². The third kappa shape index (κ3) is 5.25. The average Bonchev–Trinajstić information content (AvgIpc) is 3.37. The van der Waals surface area contributed by atoms with Crippen LogP contribution in [0.2, 0.25) is 0 Å². The van der Waals surface area contributed by atoms with Crippen molar-refractivity contribution >= 4 is 23.7 Å². The van der Waals surface area contributed by atoms with Gasteiger partial charge in [-0.25, -0.2) is 4.98 Å². The average molecular weight is 513 g/mol. The topological polar surface area (TPSA) is 68.6 Å². The SMILES string of the molecule is C=C(c1cccc(-c2nc(N3CCOCC3)nc3c2CCN3C(=C/C)/C(C)=C\C=N)c1)N1CCCC(C)C1. The van der Waals surface area contributed by atoms with Crippen LogP contribution in [-0.2, 0) is 11.2 Å². The molecule has 0 aliphatic carbocycles. The van der Waals surface area contributed by atoms with Crippen molar-refractivity contribution in [2.24, 2.45) is 5.92 Å². The number of hydrogen-bond acceptors (Lipinski definition) is 7. The molecule has 2 aromatic rings. The molecule has 1 aromatic carbocycles. The van der Waals surface area contributed by atoms with Crippen molar-refractivity contribution in [1.82, 2.24) is 14.9 Å². The number of hydrogen-bond donors (Lipinski definition) is 1. The number of fused-ring (bicyclic) bond motifs is 1. The second-order valence-corrected chi connectivity index (χ2v) is 10.6. The number of benzene rings is 1. The van der Waals surface area contributed by atoms with E-state index in [1.54, 1.807) is 0 Å². The van der Waals surface area contributed by atoms with Gasteiger partial charge < -0.3 is 24.8 Å². The maximum Gasteiger partial charge on any atom is 0.228 e. The van der Waals surface area contributed by atoms with E-state index in [2.05, 4.69) is 72.4 Å². The van der Waals surface area contributed by atoms with Crippen LogP contribution in [0.3, 0.4) is 0 Å². The summed E-state index contributed by atoms with van der Waals surface area (Å²) in [5, 5.41) is 7.57. The zero-order valence-electron chi connectivity index (χ0n) is 23.0. The number of anilines is 2. The van der Waals surface area contributed by atoms with E-state index in [-0.39, 0.29) is 0 Å². The van der Waals surface area contributed by atoms with Crippen molar-refractivity contribution in [3.05, 3.63) is 65.4 Å². The molecule has 7 nitrogen and oxygen atoms in total. The van der Waals surface area contributed by atoms with Gasteiger partial charge in [-0.3, -0.25) is 0 Å². The molecule has 5 rings (SSSR count). The Labute approximate surface area is 227 Å². The molecule has 2 fully saturated rings. The first-order valence-corrected chi connectivity index (χ1v) is 13.9. The van der Waals surface area contributed by atoms with Crippen LogP contribution >= 0.6 is 0 Å². The molecule has 0 spiro atoms. The molecule has 2 saturated heterocycles. The number of morpholine rings is 1. The first-order chi connectivity index (χ1) is 18.5. The minimum Gasteiger partial charge on any atom is -0.378 e. The number of nitrogens with one attached hydrogen (secondary N) is 1. The molecule has 1 atom stereocenters. The molecule has 38 heavy (non-hydrogen) atoms. The monoisotopic (exact) mass is 512 g/mol. The molecule has 4 heterocycles. The van der Waals surface area contributed by atoms with E-state index in [9.17, 15) is 0 Å². The fourth-order valence-electron chi connectivity index (χ4n) is 5.89. The summed E-state index contributed by atoms with van der Waals surface area (Å²) in [5.41, 5.74) is 7.69. The van der Waals surface area contributed by atoms with Gasteiger partial charge in [0, 0.05) is 61.5 Å². The highest BCUT2D eigenvalue weighted by Crippen LogP contribution is 2.39. The molecule has 7 heteroatoms. The van der Waals surface area contributed by atoms with Gasteiger partial charge in [-0.15, -0.1) is 0 Å². The molecule has 200 valence electrons. The predicted molar refractivity (Wildman–Crippen MR) is 157 cm³/mol. The Kier molecular flexibility index (Phi) is 7.93. The van der Waals surface area contributed by atoms with E-state index in [0.29, 0.717) is 19.1 Å². The lowest BCUT2D eigenvalue weighted by Crippen LogP contribution is -2.37. The number of likely N-dealkylation sites (tertiary alicyclic amines) is 1. The minimum atomic E-state index is 0.685. The number of rotatable bonds is 7. The van der Waals surface area contributed by atoms with Crippen LogP contribution in [0.5, 0.6) is 0 Å². The van der Waals surface area contributed by atoms with Crippen LogP contribution in [0.1, 0.15) is 44.7 Å². The van der Waals surface area contributed by atoms with Crippen LogP contribution < -0.4 is 9.80 Å². The van der Waals surface area contributed by atoms with Crippen LogP contribution in [0.4, 0.5) is 11.8 Å². The second-order valence-electron chi connectivity index (χ2n) is 10.6. The molecule has 0 amide bonds. The molecule has 0 bridgehead atoms. The van der Waals surface area contributed by atoms with Crippen molar-refractivity contribution in [2.75, 3.05) is 55.7 Å². The molecule has 0 saturated carbocycles. The Balaban J connectivity index is 1.57. The first kappa shape index (κ1) is 26.2. The van der Waals surface area contributed by atoms with Crippen molar-refractivity contribution < 1.29 is 4.74 Å². The van der Waals surface area contributed by atoms with Crippen molar-refractivity contribution in [2.45, 2.75) is 40.0 Å². The number of allylic oxidation sites excluding steroid dienone is 3. The summed E-state index contributed by atoms with van der Waals surface area (Å²) in [6.45, 7) is 16.8. The third-order valence-electron chi connectivity index (χ3n) is 7.92. The number of aromatic nitrogens is 2. The van der Waals surface area contributed by atoms with Crippen molar-refractivity contribution in [3.63, 3.8) is 0 Å². The molecular formula is C31H40N6O. The second kappa shape index (κ2) is 11.5. The van der Waals surface area contributed by atoms with E-state index in [1.165, 1.54) is 24.6 Å². The van der Waals surface area contributed by atoms with Crippen LogP contribution in [0, 0.1) is 11.3 Å². The summed E-state index contributed by atoms with van der Waals surface area (Å²) >= 11 is 0. The molecule has 1 aromatic heterocycles. The maximum absolute atomic E-state index is 7.57. The van der Waals surface area contributed by atoms with Crippen LogP contribution in [-0.4, -0.2) is 67.0 Å². The highest BCUT2D eigenvalue weighted by molar-refractivity contribution is 5.78. The Bertz CT molecular complexity index is 1260. The molecule has 3 aliphatic heterocycles. The Morgan fingerprint density at radius 2 is 1.97 bits per heavy atom. The number of ether oxygens (including phenoxy) is 1. The van der Waals surface area contributed by atoms with Gasteiger partial charge in [0.1, 0.15) is 5.82 Å². The van der Waals surface area contributed by atoms with E-state index in [1.807, 2.05) is 6.08 Å². The van der Waals surface area contributed by atoms with E-state index >= 15 is 0 Å². The summed E-state index contributed by atoms with van der Waals surface area (Å²) < 4.78 is 5.61. The number of nitrogens with zero attached hydrogens (tertiary/aromatic N) is 5. The lowest BCUT2D eigenvalue weighted by atomic mass is 9.97. The van der Waals surface area contributed by atoms with Gasteiger partial charge in [0.15, 0.2) is 0 Å². The molecule has 3 aliphatic rings. The Morgan fingerprint density at radius 1 is 1.16 bits per heavy atom. The van der Waals surface area contributed by atoms with Gasteiger partial charge in [0.25, 0.3) is 0 Å².